The fourth-order valence-electron chi connectivity index (χ4n) is 2.24. The van der Waals surface area contributed by atoms with E-state index in [0.29, 0.717) is 23.1 Å². The number of carbonyl (C=O) groups is 1. The van der Waals surface area contributed by atoms with Crippen molar-refractivity contribution in [3.63, 3.8) is 0 Å². The molecule has 1 N–H and O–H groups in total. The number of fused-ring (bicyclic) bond motifs is 1. The Morgan fingerprint density at radius 3 is 2.78 bits per heavy atom. The number of thioether (sulfide) groups is 1. The maximum Gasteiger partial charge on any atom is 0.244 e. The zero-order valence-corrected chi connectivity index (χ0v) is 16.6. The Morgan fingerprint density at radius 2 is 2.11 bits per heavy atom. The van der Waals surface area contributed by atoms with E-state index in [-0.39, 0.29) is 10.8 Å². The van der Waals surface area contributed by atoms with Crippen LogP contribution in [0, 0.1) is 0 Å². The van der Waals surface area contributed by atoms with Crippen LogP contribution in [-0.4, -0.2) is 52.6 Å². The first-order valence-electron chi connectivity index (χ1n) is 8.03. The zero-order chi connectivity index (χ0) is 19.6. The molecule has 3 aromatic heterocycles. The predicted molar refractivity (Wildman–Crippen MR) is 99.7 cm³/mol. The van der Waals surface area contributed by atoms with Gasteiger partial charge in [0.25, 0.3) is 0 Å². The molecule has 0 aliphatic heterocycles. The Bertz CT molecular complexity index is 1040. The second-order valence-electron chi connectivity index (χ2n) is 5.92. The van der Waals surface area contributed by atoms with Crippen LogP contribution in [0.3, 0.4) is 0 Å². The van der Waals surface area contributed by atoms with Gasteiger partial charge in [0, 0.05) is 20.3 Å². The van der Waals surface area contributed by atoms with Gasteiger partial charge in [-0.25, -0.2) is 12.7 Å². The maximum absolute atomic E-state index is 12.3. The fourth-order valence-corrected chi connectivity index (χ4v) is 3.99. The smallest absolute Gasteiger partial charge is 0.244 e. The molecule has 0 aromatic carbocycles. The molecule has 0 fully saturated rings. The Labute approximate surface area is 160 Å². The average molecular weight is 409 g/mol. The molecule has 0 unspecified atom stereocenters. The summed E-state index contributed by atoms with van der Waals surface area (Å²) < 4.78 is 32.5. The highest BCUT2D eigenvalue weighted by Gasteiger charge is 2.21. The summed E-state index contributed by atoms with van der Waals surface area (Å²) in [5.41, 5.74) is 0.499. The Kier molecular flexibility index (Phi) is 5.53. The summed E-state index contributed by atoms with van der Waals surface area (Å²) in [5, 5.41) is 10.8. The average Bonchev–Trinajstić information content (AvgIpc) is 3.29. The summed E-state index contributed by atoms with van der Waals surface area (Å²) in [5.74, 6) is 0.470. The normalized spacial score (nSPS) is 13.2. The van der Waals surface area contributed by atoms with Gasteiger partial charge < -0.3 is 9.73 Å². The lowest BCUT2D eigenvalue weighted by Gasteiger charge is -2.12. The lowest BCUT2D eigenvalue weighted by Crippen LogP contribution is -2.30. The SMILES string of the molecule is C[C@@H](Sc1nnc2ccc(S(=O)(=O)N(C)C)cn12)C(=O)NCc1ccco1. The lowest BCUT2D eigenvalue weighted by atomic mass is 10.4. The van der Waals surface area contributed by atoms with Gasteiger partial charge in [-0.15, -0.1) is 10.2 Å². The highest BCUT2D eigenvalue weighted by molar-refractivity contribution is 8.00. The van der Waals surface area contributed by atoms with E-state index >= 15 is 0 Å². The van der Waals surface area contributed by atoms with Crippen LogP contribution in [0.25, 0.3) is 5.65 Å². The number of hydrogen-bond acceptors (Lipinski definition) is 7. The molecule has 11 heteroatoms. The first kappa shape index (κ1) is 19.4. The minimum Gasteiger partial charge on any atom is -0.467 e. The Hall–Kier alpha value is -2.37. The van der Waals surface area contributed by atoms with Gasteiger partial charge >= 0.3 is 0 Å². The first-order chi connectivity index (χ1) is 12.8. The molecule has 144 valence electrons. The second kappa shape index (κ2) is 7.71. The topological polar surface area (TPSA) is 110 Å². The molecule has 1 atom stereocenters. The Morgan fingerprint density at radius 1 is 1.33 bits per heavy atom. The third-order valence-corrected chi connectivity index (χ3v) is 6.65. The standard InChI is InChI=1S/C16H19N5O4S2/c1-11(15(22)17-9-12-5-4-8-25-12)26-16-19-18-14-7-6-13(10-21(14)16)27(23,24)20(2)3/h4-8,10-11H,9H2,1-3H3,(H,17,22)/t11-/m1/s1. The summed E-state index contributed by atoms with van der Waals surface area (Å²) in [6.07, 6.45) is 3.00. The monoisotopic (exact) mass is 409 g/mol. The van der Waals surface area contributed by atoms with Crippen molar-refractivity contribution in [3.8, 4) is 0 Å². The van der Waals surface area contributed by atoms with Crippen LogP contribution in [0.4, 0.5) is 0 Å². The summed E-state index contributed by atoms with van der Waals surface area (Å²) in [6, 6.07) is 6.58. The van der Waals surface area contributed by atoms with Crippen LogP contribution in [0.5, 0.6) is 0 Å². The van der Waals surface area contributed by atoms with Crippen LogP contribution in [0.2, 0.25) is 0 Å². The summed E-state index contributed by atoms with van der Waals surface area (Å²) in [6.45, 7) is 2.03. The number of aromatic nitrogens is 3. The molecule has 0 spiro atoms. The summed E-state index contributed by atoms with van der Waals surface area (Å²) in [7, 11) is -0.653. The number of nitrogens with zero attached hydrogens (tertiary/aromatic N) is 4. The van der Waals surface area contributed by atoms with E-state index in [1.165, 1.54) is 38.1 Å². The van der Waals surface area contributed by atoms with E-state index in [0.717, 1.165) is 4.31 Å². The number of sulfonamides is 1. The number of hydrogen-bond donors (Lipinski definition) is 1. The molecule has 3 heterocycles. The molecule has 0 saturated carbocycles. The number of furan rings is 1. The van der Waals surface area contributed by atoms with Crippen molar-refractivity contribution in [3.05, 3.63) is 42.5 Å². The van der Waals surface area contributed by atoms with Gasteiger partial charge in [0.15, 0.2) is 10.8 Å². The van der Waals surface area contributed by atoms with Gasteiger partial charge in [0.2, 0.25) is 15.9 Å². The summed E-state index contributed by atoms with van der Waals surface area (Å²) in [4.78, 5) is 12.4. The third kappa shape index (κ3) is 4.15. The van der Waals surface area contributed by atoms with Gasteiger partial charge in [-0.2, -0.15) is 0 Å². The predicted octanol–water partition coefficient (Wildman–Crippen LogP) is 1.37. The molecule has 0 bridgehead atoms. The number of nitrogens with one attached hydrogen (secondary N) is 1. The van der Waals surface area contributed by atoms with Gasteiger partial charge in [0.05, 0.1) is 23.0 Å². The van der Waals surface area contributed by atoms with Gasteiger partial charge in [-0.3, -0.25) is 9.20 Å². The van der Waals surface area contributed by atoms with Crippen LogP contribution < -0.4 is 5.32 Å². The van der Waals surface area contributed by atoms with Crippen molar-refractivity contribution in [2.75, 3.05) is 14.1 Å². The number of carbonyl (C=O) groups excluding carboxylic acids is 1. The lowest BCUT2D eigenvalue weighted by molar-refractivity contribution is -0.120. The minimum atomic E-state index is -3.58. The van der Waals surface area contributed by atoms with Crippen molar-refractivity contribution in [1.29, 1.82) is 0 Å². The van der Waals surface area contributed by atoms with Crippen molar-refractivity contribution in [1.82, 2.24) is 24.2 Å². The van der Waals surface area contributed by atoms with Crippen molar-refractivity contribution in [2.45, 2.75) is 28.8 Å². The molecule has 1 amide bonds. The van der Waals surface area contributed by atoms with E-state index in [4.69, 9.17) is 4.42 Å². The summed E-state index contributed by atoms with van der Waals surface area (Å²) >= 11 is 1.19. The molecule has 0 aliphatic carbocycles. The fraction of sp³-hybridized carbons (Fsp3) is 0.312. The quantitative estimate of drug-likeness (QED) is 0.587. The van der Waals surface area contributed by atoms with Gasteiger partial charge in [-0.1, -0.05) is 11.8 Å². The van der Waals surface area contributed by atoms with Crippen LogP contribution in [-0.2, 0) is 21.4 Å². The van der Waals surface area contributed by atoms with E-state index in [2.05, 4.69) is 15.5 Å². The molecule has 0 radical (unpaired) electrons. The molecule has 0 saturated heterocycles. The van der Waals surface area contributed by atoms with Gasteiger partial charge in [-0.05, 0) is 31.2 Å². The minimum absolute atomic E-state index is 0.122. The Balaban J connectivity index is 1.77. The van der Waals surface area contributed by atoms with Crippen LogP contribution >= 0.6 is 11.8 Å². The van der Waals surface area contributed by atoms with Crippen LogP contribution in [0.1, 0.15) is 12.7 Å². The highest BCUT2D eigenvalue weighted by Crippen LogP contribution is 2.24. The molecule has 3 aromatic rings. The number of rotatable bonds is 7. The molecular weight excluding hydrogens is 390 g/mol. The van der Waals surface area contributed by atoms with E-state index in [1.807, 2.05) is 0 Å². The zero-order valence-electron chi connectivity index (χ0n) is 15.0. The highest BCUT2D eigenvalue weighted by atomic mass is 32.2. The largest absolute Gasteiger partial charge is 0.467 e. The van der Waals surface area contributed by atoms with E-state index < -0.39 is 15.3 Å². The van der Waals surface area contributed by atoms with Gasteiger partial charge in [0.1, 0.15) is 5.76 Å². The maximum atomic E-state index is 12.3. The number of amides is 1. The molecule has 0 aliphatic rings. The molecule has 27 heavy (non-hydrogen) atoms. The molecular formula is C16H19N5O4S2. The first-order valence-corrected chi connectivity index (χ1v) is 10.3. The van der Waals surface area contributed by atoms with Crippen molar-refractivity contribution >= 4 is 33.3 Å². The van der Waals surface area contributed by atoms with E-state index in [1.54, 1.807) is 35.8 Å². The van der Waals surface area contributed by atoms with E-state index in [9.17, 15) is 13.2 Å². The molecule has 3 rings (SSSR count). The van der Waals surface area contributed by atoms with Crippen molar-refractivity contribution in [2.24, 2.45) is 0 Å². The van der Waals surface area contributed by atoms with Crippen LogP contribution in [0.15, 0.2) is 51.2 Å². The third-order valence-electron chi connectivity index (χ3n) is 3.79. The molecule has 9 nitrogen and oxygen atoms in total. The number of pyridine rings is 1. The van der Waals surface area contributed by atoms with Crippen molar-refractivity contribution < 1.29 is 17.6 Å². The second-order valence-corrected chi connectivity index (χ2v) is 9.38.